The summed E-state index contributed by atoms with van der Waals surface area (Å²) >= 11 is 1.06. The standard InChI is InChI=1S/C11H15NO6S2/c1-6-5-19-9(11(14)18-4)8(6)12-20(15,16)7(2)10(13)17-3/h5,7,12H,1-4H3. The van der Waals surface area contributed by atoms with E-state index in [0.717, 1.165) is 18.4 Å². The monoisotopic (exact) mass is 321 g/mol. The number of rotatable bonds is 5. The van der Waals surface area contributed by atoms with Crippen LogP contribution in [0.4, 0.5) is 5.69 Å². The number of carbonyl (C=O) groups excluding carboxylic acids is 2. The van der Waals surface area contributed by atoms with Crippen molar-refractivity contribution in [3.63, 3.8) is 0 Å². The molecule has 1 aromatic rings. The molecule has 1 aromatic heterocycles. The van der Waals surface area contributed by atoms with E-state index >= 15 is 0 Å². The lowest BCUT2D eigenvalue weighted by molar-refractivity contribution is -0.139. The average molecular weight is 321 g/mol. The van der Waals surface area contributed by atoms with Gasteiger partial charge in [0.1, 0.15) is 4.88 Å². The molecule has 0 aromatic carbocycles. The Morgan fingerprint density at radius 1 is 1.30 bits per heavy atom. The maximum atomic E-state index is 12.1. The Morgan fingerprint density at radius 3 is 2.40 bits per heavy atom. The number of anilines is 1. The van der Waals surface area contributed by atoms with Gasteiger partial charge in [-0.2, -0.15) is 0 Å². The zero-order valence-corrected chi connectivity index (χ0v) is 13.1. The molecule has 0 aliphatic rings. The van der Waals surface area contributed by atoms with Crippen LogP contribution in [0.25, 0.3) is 0 Å². The van der Waals surface area contributed by atoms with E-state index in [0.29, 0.717) is 5.56 Å². The SMILES string of the molecule is COC(=O)c1scc(C)c1NS(=O)(=O)C(C)C(=O)OC. The predicted molar refractivity (Wildman–Crippen MR) is 74.4 cm³/mol. The van der Waals surface area contributed by atoms with Crippen molar-refractivity contribution >= 4 is 39.0 Å². The second-order valence-corrected chi connectivity index (χ2v) is 6.81. The van der Waals surface area contributed by atoms with Gasteiger partial charge >= 0.3 is 11.9 Å². The fourth-order valence-corrected chi connectivity index (χ4v) is 3.40. The Labute approximate surface area is 120 Å². The van der Waals surface area contributed by atoms with Crippen LogP contribution >= 0.6 is 11.3 Å². The number of aryl methyl sites for hydroxylation is 1. The second kappa shape index (κ2) is 6.23. The van der Waals surface area contributed by atoms with E-state index in [1.54, 1.807) is 12.3 Å². The van der Waals surface area contributed by atoms with Crippen molar-refractivity contribution in [1.29, 1.82) is 0 Å². The highest BCUT2D eigenvalue weighted by atomic mass is 32.2. The third-order valence-corrected chi connectivity index (χ3v) is 5.28. The molecule has 112 valence electrons. The third kappa shape index (κ3) is 3.28. The number of ether oxygens (including phenoxy) is 2. The normalized spacial score (nSPS) is 12.6. The summed E-state index contributed by atoms with van der Waals surface area (Å²) in [6.45, 7) is 2.84. The Balaban J connectivity index is 3.13. The molecule has 1 rings (SSSR count). The van der Waals surface area contributed by atoms with Gasteiger partial charge in [0.2, 0.25) is 10.0 Å². The molecule has 1 heterocycles. The summed E-state index contributed by atoms with van der Waals surface area (Å²) in [5, 5.41) is 0.227. The molecule has 0 bridgehead atoms. The summed E-state index contributed by atoms with van der Waals surface area (Å²) in [4.78, 5) is 23.0. The molecule has 0 aliphatic heterocycles. The van der Waals surface area contributed by atoms with Crippen LogP contribution in [-0.4, -0.2) is 39.8 Å². The summed E-state index contributed by atoms with van der Waals surface area (Å²) in [6, 6.07) is 0. The zero-order chi connectivity index (χ0) is 15.5. The largest absolute Gasteiger partial charge is 0.468 e. The van der Waals surface area contributed by atoms with Crippen molar-refractivity contribution in [2.75, 3.05) is 18.9 Å². The fourth-order valence-electron chi connectivity index (χ4n) is 1.34. The quantitative estimate of drug-likeness (QED) is 0.817. The summed E-state index contributed by atoms with van der Waals surface area (Å²) in [6.07, 6.45) is 0. The first-order valence-corrected chi connectivity index (χ1v) is 7.93. The number of esters is 2. The van der Waals surface area contributed by atoms with Crippen LogP contribution in [0, 0.1) is 6.92 Å². The average Bonchev–Trinajstić information content (AvgIpc) is 2.77. The Kier molecular flexibility index (Phi) is 5.12. The van der Waals surface area contributed by atoms with Gasteiger partial charge in [-0.3, -0.25) is 9.52 Å². The molecule has 1 N–H and O–H groups in total. The van der Waals surface area contributed by atoms with Crippen molar-refractivity contribution in [1.82, 2.24) is 0 Å². The maximum absolute atomic E-state index is 12.1. The van der Waals surface area contributed by atoms with Gasteiger partial charge in [0, 0.05) is 0 Å². The maximum Gasteiger partial charge on any atom is 0.350 e. The molecule has 0 saturated heterocycles. The molecule has 0 radical (unpaired) electrons. The molecule has 0 fully saturated rings. The second-order valence-electron chi connectivity index (χ2n) is 3.93. The topological polar surface area (TPSA) is 98.8 Å². The van der Waals surface area contributed by atoms with E-state index in [2.05, 4.69) is 14.2 Å². The Morgan fingerprint density at radius 2 is 1.90 bits per heavy atom. The van der Waals surface area contributed by atoms with E-state index in [4.69, 9.17) is 0 Å². The number of carbonyl (C=O) groups is 2. The molecule has 1 atom stereocenters. The van der Waals surface area contributed by atoms with Crippen molar-refractivity contribution in [3.05, 3.63) is 15.8 Å². The van der Waals surface area contributed by atoms with Gasteiger partial charge in [0.15, 0.2) is 5.25 Å². The summed E-state index contributed by atoms with van der Waals surface area (Å²) in [5.74, 6) is -1.53. The van der Waals surface area contributed by atoms with Crippen LogP contribution in [0.5, 0.6) is 0 Å². The summed E-state index contributed by atoms with van der Waals surface area (Å²) in [7, 11) is -1.70. The van der Waals surface area contributed by atoms with Gasteiger partial charge in [-0.05, 0) is 24.8 Å². The summed E-state index contributed by atoms with van der Waals surface area (Å²) in [5.41, 5.74) is 0.689. The molecule has 20 heavy (non-hydrogen) atoms. The van der Waals surface area contributed by atoms with Crippen LogP contribution < -0.4 is 4.72 Å². The highest BCUT2D eigenvalue weighted by Gasteiger charge is 2.31. The third-order valence-electron chi connectivity index (χ3n) is 2.59. The van der Waals surface area contributed by atoms with Gasteiger partial charge in [-0.1, -0.05) is 0 Å². The molecular formula is C11H15NO6S2. The lowest BCUT2D eigenvalue weighted by Crippen LogP contribution is -2.33. The molecule has 7 nitrogen and oxygen atoms in total. The molecule has 0 spiro atoms. The van der Waals surface area contributed by atoms with Crippen LogP contribution in [-0.2, 0) is 24.3 Å². The van der Waals surface area contributed by atoms with Crippen LogP contribution in [0.2, 0.25) is 0 Å². The van der Waals surface area contributed by atoms with Crippen LogP contribution in [0.15, 0.2) is 5.38 Å². The number of hydrogen-bond donors (Lipinski definition) is 1. The molecule has 1 unspecified atom stereocenters. The lowest BCUT2D eigenvalue weighted by atomic mass is 10.3. The number of hydrogen-bond acceptors (Lipinski definition) is 7. The van der Waals surface area contributed by atoms with Gasteiger partial charge in [0.05, 0.1) is 19.9 Å². The number of methoxy groups -OCH3 is 2. The molecule has 0 saturated carbocycles. The highest BCUT2D eigenvalue weighted by molar-refractivity contribution is 7.94. The first-order valence-electron chi connectivity index (χ1n) is 5.50. The number of nitrogens with one attached hydrogen (secondary N) is 1. The Bertz CT molecular complexity index is 619. The molecule has 9 heteroatoms. The van der Waals surface area contributed by atoms with Crippen molar-refractivity contribution < 1.29 is 27.5 Å². The molecule has 0 aliphatic carbocycles. The van der Waals surface area contributed by atoms with Crippen molar-refractivity contribution in [2.45, 2.75) is 19.1 Å². The zero-order valence-electron chi connectivity index (χ0n) is 11.4. The van der Waals surface area contributed by atoms with Gasteiger partial charge in [-0.15, -0.1) is 11.3 Å². The van der Waals surface area contributed by atoms with Gasteiger partial charge < -0.3 is 9.47 Å². The van der Waals surface area contributed by atoms with E-state index < -0.39 is 27.2 Å². The summed E-state index contributed by atoms with van der Waals surface area (Å²) < 4.78 is 35.3. The van der Waals surface area contributed by atoms with E-state index in [-0.39, 0.29) is 10.6 Å². The Hall–Kier alpha value is -1.61. The van der Waals surface area contributed by atoms with E-state index in [1.807, 2.05) is 0 Å². The molecular weight excluding hydrogens is 306 g/mol. The van der Waals surface area contributed by atoms with E-state index in [9.17, 15) is 18.0 Å². The van der Waals surface area contributed by atoms with Crippen molar-refractivity contribution in [2.24, 2.45) is 0 Å². The number of thiophene rings is 1. The first kappa shape index (κ1) is 16.4. The van der Waals surface area contributed by atoms with Crippen LogP contribution in [0.3, 0.4) is 0 Å². The molecule has 0 amide bonds. The van der Waals surface area contributed by atoms with Gasteiger partial charge in [0.25, 0.3) is 0 Å². The highest BCUT2D eigenvalue weighted by Crippen LogP contribution is 2.29. The minimum atomic E-state index is -4.01. The van der Waals surface area contributed by atoms with E-state index in [1.165, 1.54) is 14.0 Å². The first-order chi connectivity index (χ1) is 9.24. The lowest BCUT2D eigenvalue weighted by Gasteiger charge is -2.13. The van der Waals surface area contributed by atoms with Crippen molar-refractivity contribution in [3.8, 4) is 0 Å². The number of sulfonamides is 1. The fraction of sp³-hybridized carbons (Fsp3) is 0.455. The van der Waals surface area contributed by atoms with Crippen LogP contribution in [0.1, 0.15) is 22.2 Å². The minimum Gasteiger partial charge on any atom is -0.468 e. The minimum absolute atomic E-state index is 0.123. The van der Waals surface area contributed by atoms with Gasteiger partial charge in [-0.25, -0.2) is 13.2 Å². The smallest absolute Gasteiger partial charge is 0.350 e. The predicted octanol–water partition coefficient (Wildman–Crippen LogP) is 1.15.